The van der Waals surface area contributed by atoms with Crippen LogP contribution >= 0.6 is 17.9 Å². The molecule has 26 heteroatoms. The number of fused-ring (bicyclic) bond motifs is 5. The predicted molar refractivity (Wildman–Crippen MR) is 192 cm³/mol. The number of aromatic amines is 1. The molecule has 0 saturated carbocycles. The van der Waals surface area contributed by atoms with E-state index in [1.165, 1.54) is 28.9 Å². The fraction of sp³-hybridized carbons (Fsp3) is 0.393. The summed E-state index contributed by atoms with van der Waals surface area (Å²) in [6, 6.07) is 8.40. The van der Waals surface area contributed by atoms with Gasteiger partial charge in [0.2, 0.25) is 11.6 Å². The van der Waals surface area contributed by atoms with Gasteiger partial charge in [-0.15, -0.1) is 0 Å². The molecule has 7 heterocycles. The quantitative estimate of drug-likeness (QED) is 0.121. The van der Waals surface area contributed by atoms with Gasteiger partial charge in [-0.1, -0.05) is 30.4 Å². The molecule has 1 amide bonds. The van der Waals surface area contributed by atoms with E-state index in [4.69, 9.17) is 45.0 Å². The number of nitrogens with zero attached hydrogens (tertiary/aromatic N) is 7. The molecule has 9 atom stereocenters. The molecule has 2 bridgehead atoms. The molecular formula is C28H29FN11O10PS3. The summed E-state index contributed by atoms with van der Waals surface area (Å²) < 4.78 is 83.8. The standard InChI is InChI=1S/C28H29FN11O10PS3/c1-45-19-14-8-46-51(52,53)49-18-13(7-35-54(43,44)50-20(19)27(48-14)40-11-34-17-23(40)37-28(30)38-25(17)42)47-26(15(18)29)39-10-33-16-21(31-9-32-22(16)39)36-24(41)12-5-3-2-4-6-12/h2-6,9-11,13-15,18-20,26-27,35H,7-8H2,1H3,(H,52,53)(H3,30,37,38,42)(H,31,32,36,41)/t13-,14-,15-,18-,19+,20-,26-,27-/m1/s1. The number of imidazole rings is 2. The number of amides is 1. The first-order valence-corrected chi connectivity index (χ1v) is 21.1. The fourth-order valence-electron chi connectivity index (χ4n) is 6.41. The van der Waals surface area contributed by atoms with Gasteiger partial charge < -0.3 is 34.3 Å². The molecule has 0 radical (unpaired) electrons. The molecule has 3 aliphatic heterocycles. The highest BCUT2D eigenvalue weighted by Crippen LogP contribution is 2.57. The van der Waals surface area contributed by atoms with Crippen LogP contribution < -0.4 is 21.3 Å². The smallest absolute Gasteiger partial charge is 0.336 e. The van der Waals surface area contributed by atoms with E-state index in [9.17, 15) is 18.0 Å². The minimum absolute atomic E-state index is 0.0226. The number of carbonyl (C=O) groups excluding carboxylic acids is 1. The third-order valence-corrected chi connectivity index (χ3v) is 12.0. The second kappa shape index (κ2) is 14.2. The van der Waals surface area contributed by atoms with Gasteiger partial charge in [0.1, 0.15) is 30.7 Å². The van der Waals surface area contributed by atoms with Crippen molar-refractivity contribution in [2.75, 3.05) is 31.3 Å². The number of ether oxygens (including phenoxy) is 3. The molecule has 0 aliphatic carbocycles. The topological polar surface area (TPSA) is 264 Å². The number of methoxy groups -OCH3 is 1. The lowest BCUT2D eigenvalue weighted by molar-refractivity contribution is -0.0497. The van der Waals surface area contributed by atoms with Crippen molar-refractivity contribution in [1.82, 2.24) is 43.8 Å². The second-order valence-corrected chi connectivity index (χ2v) is 18.7. The highest BCUT2D eigenvalue weighted by molar-refractivity contribution is 8.60. The Morgan fingerprint density at radius 1 is 1.07 bits per heavy atom. The van der Waals surface area contributed by atoms with Gasteiger partial charge in [0.05, 0.1) is 19.3 Å². The Bertz CT molecular complexity index is 2460. The molecule has 8 rings (SSSR count). The summed E-state index contributed by atoms with van der Waals surface area (Å²) in [5, 5.41) is 2.68. The van der Waals surface area contributed by atoms with E-state index in [1.807, 2.05) is 0 Å². The first-order chi connectivity index (χ1) is 25.8. The maximum absolute atomic E-state index is 16.5. The van der Waals surface area contributed by atoms with Gasteiger partial charge in [0.25, 0.3) is 11.5 Å². The normalized spacial score (nSPS) is 31.4. The number of hydrogen-bond donors (Lipinski definition) is 5. The average molecular weight is 826 g/mol. The first-order valence-electron chi connectivity index (χ1n) is 15.9. The SMILES string of the molecule is CO[C@@H]1[C@H]2OS(=O)(=O)NC[C@H]3O[C@@H](n4cnc5c(NC(=O)c6ccccc6)ncnc54)[C@H](F)[C@@H]3OP(=S)(S)OC[C@H]1O[C@H]2n1cnc2c(=O)[nH]c(N)nc21. The zero-order valence-corrected chi connectivity index (χ0v) is 31.0. The summed E-state index contributed by atoms with van der Waals surface area (Å²) in [6.07, 6.45) is -7.59. The molecule has 3 fully saturated rings. The zero-order chi connectivity index (χ0) is 37.9. The number of H-pyrrole nitrogens is 1. The number of anilines is 2. The Hall–Kier alpha value is -4.01. The van der Waals surface area contributed by atoms with Crippen LogP contribution in [0.2, 0.25) is 0 Å². The zero-order valence-electron chi connectivity index (χ0n) is 27.5. The maximum Gasteiger partial charge on any atom is 0.336 e. The predicted octanol–water partition coefficient (Wildman–Crippen LogP) is 0.731. The Labute approximate surface area is 313 Å². The van der Waals surface area contributed by atoms with E-state index < -0.39 is 83.2 Å². The minimum atomic E-state index is -4.70. The Kier molecular flexibility index (Phi) is 9.75. The van der Waals surface area contributed by atoms with E-state index in [-0.39, 0.29) is 40.7 Å². The van der Waals surface area contributed by atoms with Crippen LogP contribution in [0.3, 0.4) is 0 Å². The lowest BCUT2D eigenvalue weighted by Crippen LogP contribution is -2.44. The molecule has 4 aromatic heterocycles. The Balaban J connectivity index is 1.08. The number of alkyl halides is 1. The van der Waals surface area contributed by atoms with Gasteiger partial charge in [0, 0.05) is 19.2 Å². The number of hydrogen-bond acceptors (Lipinski definition) is 17. The molecule has 5 N–H and O–H groups in total. The van der Waals surface area contributed by atoms with Gasteiger partial charge in [-0.2, -0.15) is 18.1 Å². The van der Waals surface area contributed by atoms with Crippen molar-refractivity contribution in [1.29, 1.82) is 0 Å². The van der Waals surface area contributed by atoms with Gasteiger partial charge in [-0.05, 0) is 23.9 Å². The number of aromatic nitrogens is 8. The maximum atomic E-state index is 16.5. The Morgan fingerprint density at radius 2 is 1.80 bits per heavy atom. The third-order valence-electron chi connectivity index (χ3n) is 8.81. The van der Waals surface area contributed by atoms with Crippen LogP contribution in [0, 0.1) is 0 Å². The number of benzene rings is 1. The van der Waals surface area contributed by atoms with Crippen LogP contribution in [0.15, 0.2) is 54.1 Å². The number of carbonyl (C=O) groups is 1. The minimum Gasteiger partial charge on any atom is -0.376 e. The van der Waals surface area contributed by atoms with Crippen LogP contribution in [-0.2, 0) is 49.6 Å². The number of thiol groups is 1. The number of halogens is 1. The van der Waals surface area contributed by atoms with Crippen LogP contribution in [0.25, 0.3) is 22.3 Å². The lowest BCUT2D eigenvalue weighted by atomic mass is 10.1. The van der Waals surface area contributed by atoms with E-state index in [2.05, 4.69) is 52.2 Å². The number of nitrogens with two attached hydrogens (primary N) is 1. The van der Waals surface area contributed by atoms with Crippen molar-refractivity contribution < 1.29 is 45.0 Å². The van der Waals surface area contributed by atoms with Crippen molar-refractivity contribution in [2.45, 2.75) is 49.1 Å². The van der Waals surface area contributed by atoms with Crippen LogP contribution in [-0.4, -0.2) is 110 Å². The first kappa shape index (κ1) is 36.9. The van der Waals surface area contributed by atoms with Crippen molar-refractivity contribution >= 4 is 80.1 Å². The molecule has 286 valence electrons. The summed E-state index contributed by atoms with van der Waals surface area (Å²) in [7, 11) is -3.40. The molecule has 5 aromatic rings. The van der Waals surface area contributed by atoms with Gasteiger partial charge in [-0.25, -0.2) is 28.5 Å². The van der Waals surface area contributed by atoms with Crippen LogP contribution in [0.1, 0.15) is 22.8 Å². The van der Waals surface area contributed by atoms with E-state index in [1.54, 1.807) is 30.3 Å². The van der Waals surface area contributed by atoms with Crippen LogP contribution in [0.5, 0.6) is 0 Å². The molecule has 1 unspecified atom stereocenters. The highest BCUT2D eigenvalue weighted by atomic mass is 32.9. The lowest BCUT2D eigenvalue weighted by Gasteiger charge is -2.26. The molecule has 0 spiro atoms. The Morgan fingerprint density at radius 3 is 2.56 bits per heavy atom. The molecule has 3 saturated heterocycles. The van der Waals surface area contributed by atoms with Crippen molar-refractivity contribution in [3.05, 3.63) is 65.2 Å². The molecule has 21 nitrogen and oxygen atoms in total. The van der Waals surface area contributed by atoms with Gasteiger partial charge in [-0.3, -0.25) is 23.7 Å². The van der Waals surface area contributed by atoms with Crippen molar-refractivity contribution in [3.63, 3.8) is 0 Å². The summed E-state index contributed by atoms with van der Waals surface area (Å²) in [5.41, 5.74) is 1.96. The molecule has 54 heavy (non-hydrogen) atoms. The fourth-order valence-corrected chi connectivity index (χ4v) is 9.30. The number of nitrogens with one attached hydrogen (secondary N) is 3. The summed E-state index contributed by atoms with van der Waals surface area (Å²) in [6.45, 7) is -0.946. The summed E-state index contributed by atoms with van der Waals surface area (Å²) >= 11 is 10.0. The second-order valence-electron chi connectivity index (χ2n) is 12.1. The highest BCUT2D eigenvalue weighted by Gasteiger charge is 2.53. The van der Waals surface area contributed by atoms with Crippen molar-refractivity contribution in [2.24, 2.45) is 0 Å². The van der Waals surface area contributed by atoms with E-state index in [0.29, 0.717) is 5.56 Å². The van der Waals surface area contributed by atoms with Gasteiger partial charge in [0.15, 0.2) is 52.9 Å². The number of nitrogen functional groups attached to an aromatic ring is 1. The molecular weight excluding hydrogens is 797 g/mol. The van der Waals surface area contributed by atoms with Gasteiger partial charge >= 0.3 is 10.3 Å². The summed E-state index contributed by atoms with van der Waals surface area (Å²) in [4.78, 5) is 48.5. The third kappa shape index (κ3) is 6.89. The van der Waals surface area contributed by atoms with Crippen molar-refractivity contribution in [3.8, 4) is 0 Å². The van der Waals surface area contributed by atoms with E-state index in [0.717, 1.165) is 6.33 Å². The van der Waals surface area contributed by atoms with Crippen LogP contribution in [0.4, 0.5) is 16.2 Å². The summed E-state index contributed by atoms with van der Waals surface area (Å²) in [5.74, 6) is -0.624. The average Bonchev–Trinajstić information content (AvgIpc) is 3.90. The largest absolute Gasteiger partial charge is 0.376 e. The molecule has 1 aromatic carbocycles. The molecule has 3 aliphatic rings. The monoisotopic (exact) mass is 825 g/mol. The number of rotatable bonds is 5. The van der Waals surface area contributed by atoms with E-state index >= 15 is 4.39 Å².